The van der Waals surface area contributed by atoms with Crippen LogP contribution in [0.3, 0.4) is 0 Å². The Kier molecular flexibility index (Phi) is 9.34. The summed E-state index contributed by atoms with van der Waals surface area (Å²) in [5.74, 6) is 0.877. The molecule has 2 heterocycles. The number of nitrogens with zero attached hydrogens (tertiary/aromatic N) is 4. The van der Waals surface area contributed by atoms with E-state index in [9.17, 15) is 4.79 Å². The van der Waals surface area contributed by atoms with Gasteiger partial charge in [-0.05, 0) is 13.8 Å². The van der Waals surface area contributed by atoms with Crippen molar-refractivity contribution in [1.82, 2.24) is 20.1 Å². The molecular formula is C15H26IN5O2S. The molecule has 24 heavy (non-hydrogen) atoms. The average Bonchev–Trinajstić information content (AvgIpc) is 2.97. The Balaban J connectivity index is 0.00000288. The van der Waals surface area contributed by atoms with Gasteiger partial charge < -0.3 is 19.9 Å². The van der Waals surface area contributed by atoms with Gasteiger partial charge in [-0.1, -0.05) is 0 Å². The zero-order valence-corrected chi connectivity index (χ0v) is 17.6. The highest BCUT2D eigenvalue weighted by atomic mass is 127. The van der Waals surface area contributed by atoms with Gasteiger partial charge in [-0.25, -0.2) is 9.78 Å². The molecule has 0 radical (unpaired) electrons. The molecule has 0 saturated carbocycles. The fourth-order valence-corrected chi connectivity index (χ4v) is 3.23. The Morgan fingerprint density at radius 3 is 2.58 bits per heavy atom. The van der Waals surface area contributed by atoms with Crippen molar-refractivity contribution in [3.8, 4) is 0 Å². The molecule has 2 rings (SSSR count). The van der Waals surface area contributed by atoms with Crippen molar-refractivity contribution < 1.29 is 9.53 Å². The molecular weight excluding hydrogens is 441 g/mol. The van der Waals surface area contributed by atoms with E-state index in [1.54, 1.807) is 23.3 Å². The van der Waals surface area contributed by atoms with Crippen molar-refractivity contribution in [3.05, 3.63) is 16.1 Å². The quantitative estimate of drug-likeness (QED) is 0.417. The number of aliphatic imine (C=N–C) groups is 1. The van der Waals surface area contributed by atoms with Crippen LogP contribution in [0.25, 0.3) is 0 Å². The maximum atomic E-state index is 11.7. The van der Waals surface area contributed by atoms with Crippen LogP contribution in [0.4, 0.5) is 4.79 Å². The number of halogens is 1. The molecule has 1 fully saturated rings. The topological polar surface area (TPSA) is 70.1 Å². The highest BCUT2D eigenvalue weighted by Gasteiger charge is 2.23. The number of thiazole rings is 1. The second-order valence-corrected chi connectivity index (χ2v) is 6.58. The maximum Gasteiger partial charge on any atom is 0.409 e. The summed E-state index contributed by atoms with van der Waals surface area (Å²) in [7, 11) is 1.79. The van der Waals surface area contributed by atoms with Crippen molar-refractivity contribution >= 4 is 47.4 Å². The number of aryl methyl sites for hydroxylation is 1. The van der Waals surface area contributed by atoms with E-state index in [0.29, 0.717) is 19.7 Å². The molecule has 1 amide bonds. The van der Waals surface area contributed by atoms with Crippen LogP contribution in [-0.2, 0) is 11.2 Å². The molecule has 1 aromatic heterocycles. The van der Waals surface area contributed by atoms with Crippen molar-refractivity contribution in [2.75, 3.05) is 46.4 Å². The Morgan fingerprint density at radius 2 is 2.04 bits per heavy atom. The van der Waals surface area contributed by atoms with Crippen molar-refractivity contribution in [3.63, 3.8) is 0 Å². The van der Waals surface area contributed by atoms with E-state index >= 15 is 0 Å². The minimum absolute atomic E-state index is 0. The van der Waals surface area contributed by atoms with Crippen LogP contribution in [-0.4, -0.2) is 73.2 Å². The van der Waals surface area contributed by atoms with E-state index in [-0.39, 0.29) is 30.1 Å². The van der Waals surface area contributed by atoms with Crippen LogP contribution in [0.15, 0.2) is 11.2 Å². The van der Waals surface area contributed by atoms with E-state index in [1.165, 1.54) is 4.88 Å². The largest absolute Gasteiger partial charge is 0.450 e. The number of amides is 1. The molecule has 0 aromatic carbocycles. The molecule has 1 aliphatic heterocycles. The van der Waals surface area contributed by atoms with Gasteiger partial charge in [0.05, 0.1) is 11.6 Å². The number of carbonyl (C=O) groups excluding carboxylic acids is 1. The Morgan fingerprint density at radius 1 is 1.38 bits per heavy atom. The van der Waals surface area contributed by atoms with Crippen molar-refractivity contribution in [2.45, 2.75) is 20.3 Å². The molecule has 0 atom stereocenters. The van der Waals surface area contributed by atoms with Gasteiger partial charge in [0.25, 0.3) is 0 Å². The number of ether oxygens (including phenoxy) is 1. The van der Waals surface area contributed by atoms with Crippen LogP contribution in [0.5, 0.6) is 0 Å². The third-order valence-corrected chi connectivity index (χ3v) is 4.58. The molecule has 1 saturated heterocycles. The molecule has 0 unspecified atom stereocenters. The lowest BCUT2D eigenvalue weighted by atomic mass is 10.3. The number of hydrogen-bond donors (Lipinski definition) is 1. The number of rotatable bonds is 4. The summed E-state index contributed by atoms with van der Waals surface area (Å²) < 4.78 is 5.04. The zero-order valence-electron chi connectivity index (χ0n) is 14.4. The first kappa shape index (κ1) is 20.9. The van der Waals surface area contributed by atoms with Gasteiger partial charge in [0, 0.05) is 57.3 Å². The second-order valence-electron chi connectivity index (χ2n) is 5.26. The lowest BCUT2D eigenvalue weighted by molar-refractivity contribution is 0.0915. The number of guanidine groups is 1. The molecule has 9 heteroatoms. The summed E-state index contributed by atoms with van der Waals surface area (Å²) in [6, 6.07) is 0. The van der Waals surface area contributed by atoms with Gasteiger partial charge in [0.15, 0.2) is 5.96 Å². The van der Waals surface area contributed by atoms with Crippen LogP contribution in [0.1, 0.15) is 16.8 Å². The molecule has 7 nitrogen and oxygen atoms in total. The van der Waals surface area contributed by atoms with E-state index in [4.69, 9.17) is 4.74 Å². The fourth-order valence-electron chi connectivity index (χ4n) is 2.45. The Bertz CT molecular complexity index is 544. The summed E-state index contributed by atoms with van der Waals surface area (Å²) >= 11 is 1.73. The zero-order chi connectivity index (χ0) is 16.7. The number of carbonyl (C=O) groups is 1. The highest BCUT2D eigenvalue weighted by molar-refractivity contribution is 14.0. The van der Waals surface area contributed by atoms with E-state index in [1.807, 2.05) is 13.1 Å². The SMILES string of the molecule is CCOC(=O)N1CCN(C(=NC)NCCc2ncc(C)s2)CC1.I. The van der Waals surface area contributed by atoms with Crippen LogP contribution < -0.4 is 5.32 Å². The number of piperazine rings is 1. The second kappa shape index (κ2) is 10.7. The predicted molar refractivity (Wildman–Crippen MR) is 107 cm³/mol. The van der Waals surface area contributed by atoms with Crippen LogP contribution >= 0.6 is 35.3 Å². The first-order chi connectivity index (χ1) is 11.1. The summed E-state index contributed by atoms with van der Waals surface area (Å²) in [5.41, 5.74) is 0. The Hall–Kier alpha value is -1.10. The third-order valence-electron chi connectivity index (χ3n) is 3.61. The molecule has 136 valence electrons. The van der Waals surface area contributed by atoms with Crippen molar-refractivity contribution in [2.24, 2.45) is 4.99 Å². The molecule has 1 N–H and O–H groups in total. The lowest BCUT2D eigenvalue weighted by Crippen LogP contribution is -2.54. The van der Waals surface area contributed by atoms with E-state index in [0.717, 1.165) is 37.0 Å². The summed E-state index contributed by atoms with van der Waals surface area (Å²) in [5, 5.41) is 4.51. The third kappa shape index (κ3) is 6.08. The molecule has 1 aromatic rings. The smallest absolute Gasteiger partial charge is 0.409 e. The van der Waals surface area contributed by atoms with Gasteiger partial charge in [0.1, 0.15) is 0 Å². The predicted octanol–water partition coefficient (Wildman–Crippen LogP) is 1.96. The van der Waals surface area contributed by atoms with Gasteiger partial charge in [-0.2, -0.15) is 0 Å². The van der Waals surface area contributed by atoms with Gasteiger partial charge in [-0.15, -0.1) is 35.3 Å². The normalized spacial score (nSPS) is 15.0. The van der Waals surface area contributed by atoms with Gasteiger partial charge >= 0.3 is 6.09 Å². The van der Waals surface area contributed by atoms with Crippen molar-refractivity contribution in [1.29, 1.82) is 0 Å². The number of nitrogens with one attached hydrogen (secondary N) is 1. The molecule has 0 spiro atoms. The van der Waals surface area contributed by atoms with Gasteiger partial charge in [-0.3, -0.25) is 4.99 Å². The number of aromatic nitrogens is 1. The van der Waals surface area contributed by atoms with Crippen LogP contribution in [0, 0.1) is 6.92 Å². The lowest BCUT2D eigenvalue weighted by Gasteiger charge is -2.35. The highest BCUT2D eigenvalue weighted by Crippen LogP contribution is 2.11. The minimum Gasteiger partial charge on any atom is -0.450 e. The standard InChI is InChI=1S/C15H25N5O2S.HI/c1-4-22-15(21)20-9-7-19(8-10-20)14(16-3)17-6-5-13-18-11-12(2)23-13;/h11H,4-10H2,1-3H3,(H,16,17);1H. The minimum atomic E-state index is -0.228. The maximum absolute atomic E-state index is 11.7. The van der Waals surface area contributed by atoms with E-state index < -0.39 is 0 Å². The first-order valence-electron chi connectivity index (χ1n) is 7.92. The summed E-state index contributed by atoms with van der Waals surface area (Å²) in [6.45, 7) is 7.94. The molecule has 0 bridgehead atoms. The average molecular weight is 467 g/mol. The fraction of sp³-hybridized carbons (Fsp3) is 0.667. The Labute approximate surface area is 164 Å². The van der Waals surface area contributed by atoms with Crippen LogP contribution in [0.2, 0.25) is 0 Å². The monoisotopic (exact) mass is 467 g/mol. The summed E-state index contributed by atoms with van der Waals surface area (Å²) in [4.78, 5) is 25.6. The molecule has 0 aliphatic carbocycles. The summed E-state index contributed by atoms with van der Waals surface area (Å²) in [6.07, 6.45) is 2.57. The molecule has 1 aliphatic rings. The van der Waals surface area contributed by atoms with E-state index in [2.05, 4.69) is 27.1 Å². The number of hydrogen-bond acceptors (Lipinski definition) is 5. The first-order valence-corrected chi connectivity index (χ1v) is 8.74. The van der Waals surface area contributed by atoms with Gasteiger partial charge in [0.2, 0.25) is 0 Å².